The molecule has 0 unspecified atom stereocenters. The highest BCUT2D eigenvalue weighted by molar-refractivity contribution is 7.09. The van der Waals surface area contributed by atoms with E-state index in [0.29, 0.717) is 0 Å². The molecule has 2 aromatic carbocycles. The molecule has 17 heavy (non-hydrogen) atoms. The van der Waals surface area contributed by atoms with E-state index >= 15 is 0 Å². The van der Waals surface area contributed by atoms with Crippen LogP contribution in [0.25, 0.3) is 22.0 Å². The van der Waals surface area contributed by atoms with Crippen molar-refractivity contribution in [2.75, 3.05) is 0 Å². The highest BCUT2D eigenvalue weighted by Gasteiger charge is 2.06. The zero-order valence-corrected chi connectivity index (χ0v) is 10.5. The molecule has 0 N–H and O–H groups in total. The summed E-state index contributed by atoms with van der Waals surface area (Å²) in [6.07, 6.45) is 1.01. The normalized spacial score (nSPS) is 10.9. The minimum atomic E-state index is 1.01. The number of aryl methyl sites for hydroxylation is 1. The molecule has 0 atom stereocenters. The van der Waals surface area contributed by atoms with E-state index in [-0.39, 0.29) is 0 Å². The molecule has 0 saturated heterocycles. The third-order valence-corrected chi connectivity index (χ3v) is 3.91. The largest absolute Gasteiger partial charge is 0.241 e. The molecule has 1 aromatic heterocycles. The Labute approximate surface area is 105 Å². The van der Waals surface area contributed by atoms with Crippen molar-refractivity contribution in [3.8, 4) is 11.3 Å². The molecule has 3 aromatic rings. The van der Waals surface area contributed by atoms with Crippen LogP contribution in [-0.4, -0.2) is 4.98 Å². The average molecular weight is 239 g/mol. The number of rotatable bonds is 2. The molecule has 84 valence electrons. The van der Waals surface area contributed by atoms with Gasteiger partial charge < -0.3 is 0 Å². The lowest BCUT2D eigenvalue weighted by Gasteiger charge is -2.03. The minimum absolute atomic E-state index is 1.01. The van der Waals surface area contributed by atoms with Crippen LogP contribution < -0.4 is 0 Å². The zero-order valence-electron chi connectivity index (χ0n) is 9.68. The quantitative estimate of drug-likeness (QED) is 0.640. The molecular formula is C15H13NS. The van der Waals surface area contributed by atoms with E-state index in [9.17, 15) is 0 Å². The first-order chi connectivity index (χ1) is 8.38. The molecule has 0 aliphatic rings. The summed E-state index contributed by atoms with van der Waals surface area (Å²) in [5.41, 5.74) is 2.34. The lowest BCUT2D eigenvalue weighted by atomic mass is 10.0. The second-order valence-electron chi connectivity index (χ2n) is 4.01. The van der Waals surface area contributed by atoms with Crippen LogP contribution in [0.5, 0.6) is 0 Å². The first-order valence-electron chi connectivity index (χ1n) is 5.81. The summed E-state index contributed by atoms with van der Waals surface area (Å²) in [5, 5.41) is 5.91. The smallest absolute Gasteiger partial charge is 0.0929 e. The fraction of sp³-hybridized carbons (Fsp3) is 0.133. The van der Waals surface area contributed by atoms with Crippen LogP contribution in [-0.2, 0) is 6.42 Å². The number of aromatic nitrogens is 1. The minimum Gasteiger partial charge on any atom is -0.241 e. The van der Waals surface area contributed by atoms with Gasteiger partial charge in [-0.25, -0.2) is 4.98 Å². The van der Waals surface area contributed by atoms with Crippen LogP contribution in [0.4, 0.5) is 0 Å². The summed E-state index contributed by atoms with van der Waals surface area (Å²) in [6.45, 7) is 2.14. The molecule has 0 spiro atoms. The van der Waals surface area contributed by atoms with Gasteiger partial charge in [-0.2, -0.15) is 0 Å². The van der Waals surface area contributed by atoms with Crippen molar-refractivity contribution in [2.45, 2.75) is 13.3 Å². The van der Waals surface area contributed by atoms with Crippen molar-refractivity contribution >= 4 is 22.1 Å². The van der Waals surface area contributed by atoms with Crippen LogP contribution in [0.3, 0.4) is 0 Å². The fourth-order valence-electron chi connectivity index (χ4n) is 2.05. The van der Waals surface area contributed by atoms with Crippen LogP contribution in [0.15, 0.2) is 47.8 Å². The Balaban J connectivity index is 2.23. The molecule has 0 aliphatic heterocycles. The van der Waals surface area contributed by atoms with Gasteiger partial charge in [-0.3, -0.25) is 0 Å². The Kier molecular flexibility index (Phi) is 2.65. The molecule has 1 nitrogen and oxygen atoms in total. The molecule has 3 rings (SSSR count). The van der Waals surface area contributed by atoms with E-state index in [2.05, 4.69) is 59.8 Å². The topological polar surface area (TPSA) is 12.9 Å². The summed E-state index contributed by atoms with van der Waals surface area (Å²) >= 11 is 1.74. The SMILES string of the molecule is CCc1nc(-c2cccc3ccccc23)cs1. The Bertz CT molecular complexity index is 649. The van der Waals surface area contributed by atoms with Gasteiger partial charge in [0.1, 0.15) is 0 Å². The van der Waals surface area contributed by atoms with E-state index < -0.39 is 0 Å². The van der Waals surface area contributed by atoms with Gasteiger partial charge in [-0.1, -0.05) is 49.4 Å². The monoisotopic (exact) mass is 239 g/mol. The Hall–Kier alpha value is -1.67. The fourth-order valence-corrected chi connectivity index (χ4v) is 2.79. The van der Waals surface area contributed by atoms with Crippen molar-refractivity contribution in [3.05, 3.63) is 52.9 Å². The molecule has 0 fully saturated rings. The molecular weight excluding hydrogens is 226 g/mol. The Morgan fingerprint density at radius 3 is 2.71 bits per heavy atom. The number of thiazole rings is 1. The summed E-state index contributed by atoms with van der Waals surface area (Å²) in [6, 6.07) is 14.9. The lowest BCUT2D eigenvalue weighted by Crippen LogP contribution is -1.82. The second-order valence-corrected chi connectivity index (χ2v) is 4.95. The van der Waals surface area contributed by atoms with Crippen molar-refractivity contribution in [2.24, 2.45) is 0 Å². The molecule has 0 amide bonds. The van der Waals surface area contributed by atoms with E-state index in [1.54, 1.807) is 11.3 Å². The van der Waals surface area contributed by atoms with Crippen molar-refractivity contribution in [1.29, 1.82) is 0 Å². The van der Waals surface area contributed by atoms with Crippen LogP contribution in [0.2, 0.25) is 0 Å². The van der Waals surface area contributed by atoms with Gasteiger partial charge in [-0.05, 0) is 17.2 Å². The van der Waals surface area contributed by atoms with E-state index in [0.717, 1.165) is 12.1 Å². The van der Waals surface area contributed by atoms with Gasteiger partial charge in [-0.15, -0.1) is 11.3 Å². The first-order valence-corrected chi connectivity index (χ1v) is 6.69. The predicted octanol–water partition coefficient (Wildman–Crippen LogP) is 4.53. The highest BCUT2D eigenvalue weighted by Crippen LogP contribution is 2.29. The summed E-state index contributed by atoms with van der Waals surface area (Å²) in [5.74, 6) is 0. The summed E-state index contributed by atoms with van der Waals surface area (Å²) < 4.78 is 0. The Morgan fingerprint density at radius 2 is 1.88 bits per heavy atom. The van der Waals surface area contributed by atoms with Gasteiger partial charge in [0.25, 0.3) is 0 Å². The van der Waals surface area contributed by atoms with Crippen LogP contribution in [0.1, 0.15) is 11.9 Å². The molecule has 1 heterocycles. The van der Waals surface area contributed by atoms with Crippen molar-refractivity contribution < 1.29 is 0 Å². The third-order valence-electron chi connectivity index (χ3n) is 2.92. The zero-order chi connectivity index (χ0) is 11.7. The predicted molar refractivity (Wildman–Crippen MR) is 74.4 cm³/mol. The van der Waals surface area contributed by atoms with Gasteiger partial charge in [0.2, 0.25) is 0 Å². The average Bonchev–Trinajstić information content (AvgIpc) is 2.87. The Morgan fingerprint density at radius 1 is 1.06 bits per heavy atom. The number of hydrogen-bond acceptors (Lipinski definition) is 2. The van der Waals surface area contributed by atoms with Gasteiger partial charge in [0, 0.05) is 10.9 Å². The number of nitrogens with zero attached hydrogens (tertiary/aromatic N) is 1. The first kappa shape index (κ1) is 10.5. The molecule has 0 saturated carbocycles. The van der Waals surface area contributed by atoms with Gasteiger partial charge >= 0.3 is 0 Å². The standard InChI is InChI=1S/C15H13NS/c1-2-15-16-14(10-17-15)13-9-5-7-11-6-3-4-8-12(11)13/h3-10H,2H2,1H3. The van der Waals surface area contributed by atoms with E-state index in [4.69, 9.17) is 0 Å². The molecule has 0 radical (unpaired) electrons. The summed E-state index contributed by atoms with van der Waals surface area (Å²) in [4.78, 5) is 4.67. The van der Waals surface area contributed by atoms with Gasteiger partial charge in [0.05, 0.1) is 10.7 Å². The molecule has 2 heteroatoms. The number of hydrogen-bond donors (Lipinski definition) is 0. The van der Waals surface area contributed by atoms with Crippen molar-refractivity contribution in [1.82, 2.24) is 4.98 Å². The van der Waals surface area contributed by atoms with Crippen molar-refractivity contribution in [3.63, 3.8) is 0 Å². The molecule has 0 aliphatic carbocycles. The second kappa shape index (κ2) is 4.30. The lowest BCUT2D eigenvalue weighted by molar-refractivity contribution is 1.10. The van der Waals surface area contributed by atoms with Crippen LogP contribution in [0, 0.1) is 0 Å². The molecule has 0 bridgehead atoms. The number of benzene rings is 2. The maximum atomic E-state index is 4.67. The highest BCUT2D eigenvalue weighted by atomic mass is 32.1. The van der Waals surface area contributed by atoms with Gasteiger partial charge in [0.15, 0.2) is 0 Å². The maximum absolute atomic E-state index is 4.67. The summed E-state index contributed by atoms with van der Waals surface area (Å²) in [7, 11) is 0. The van der Waals surface area contributed by atoms with E-state index in [1.807, 2.05) is 0 Å². The van der Waals surface area contributed by atoms with Crippen LogP contribution >= 0.6 is 11.3 Å². The number of fused-ring (bicyclic) bond motifs is 1. The third kappa shape index (κ3) is 1.85. The maximum Gasteiger partial charge on any atom is 0.0929 e. The van der Waals surface area contributed by atoms with E-state index in [1.165, 1.54) is 21.3 Å².